The van der Waals surface area contributed by atoms with Gasteiger partial charge in [-0.15, -0.1) is 12.4 Å². The molecule has 0 saturated carbocycles. The van der Waals surface area contributed by atoms with E-state index in [0.717, 1.165) is 0 Å². The van der Waals surface area contributed by atoms with Crippen molar-refractivity contribution in [3.63, 3.8) is 0 Å². The van der Waals surface area contributed by atoms with E-state index in [2.05, 4.69) is 5.32 Å². The molecule has 0 aliphatic rings. The van der Waals surface area contributed by atoms with Gasteiger partial charge in [0.05, 0.1) is 0 Å². The zero-order valence-corrected chi connectivity index (χ0v) is 10.6. The first-order chi connectivity index (χ1) is 7.65. The van der Waals surface area contributed by atoms with Gasteiger partial charge in [-0.2, -0.15) is 0 Å². The number of benzene rings is 1. The van der Waals surface area contributed by atoms with Crippen molar-refractivity contribution in [3.05, 3.63) is 35.6 Å². The highest BCUT2D eigenvalue weighted by molar-refractivity contribution is 5.85. The van der Waals surface area contributed by atoms with Crippen LogP contribution in [0.15, 0.2) is 24.3 Å². The predicted molar refractivity (Wildman–Crippen MR) is 68.6 cm³/mol. The molecular weight excluding hydrogens is 243 g/mol. The van der Waals surface area contributed by atoms with Crippen molar-refractivity contribution in [2.45, 2.75) is 13.3 Å². The number of carbonyl (C=O) groups is 1. The third-order valence-corrected chi connectivity index (χ3v) is 2.45. The van der Waals surface area contributed by atoms with Crippen molar-refractivity contribution in [3.8, 4) is 0 Å². The summed E-state index contributed by atoms with van der Waals surface area (Å²) in [5.74, 6) is -0.511. The number of carbonyl (C=O) groups excluding carboxylic acids is 1. The average Bonchev–Trinajstić information content (AvgIpc) is 2.30. The number of rotatable bonds is 5. The van der Waals surface area contributed by atoms with Crippen LogP contribution in [0, 0.1) is 11.7 Å². The van der Waals surface area contributed by atoms with Crippen LogP contribution in [0.25, 0.3) is 0 Å². The minimum Gasteiger partial charge on any atom is -0.355 e. The Labute approximate surface area is 107 Å². The van der Waals surface area contributed by atoms with Crippen molar-refractivity contribution >= 4 is 18.3 Å². The Balaban J connectivity index is 0.00000256. The molecule has 0 radical (unpaired) electrons. The fraction of sp³-hybridized carbons (Fsp3) is 0.417. The van der Waals surface area contributed by atoms with E-state index in [1.54, 1.807) is 25.1 Å². The summed E-state index contributed by atoms with van der Waals surface area (Å²) >= 11 is 0. The van der Waals surface area contributed by atoms with Gasteiger partial charge >= 0.3 is 0 Å². The zero-order valence-electron chi connectivity index (χ0n) is 9.78. The van der Waals surface area contributed by atoms with Gasteiger partial charge in [-0.25, -0.2) is 4.39 Å². The summed E-state index contributed by atoms with van der Waals surface area (Å²) in [7, 11) is 0. The van der Waals surface area contributed by atoms with Gasteiger partial charge in [0, 0.05) is 19.0 Å². The van der Waals surface area contributed by atoms with Gasteiger partial charge in [-0.3, -0.25) is 4.79 Å². The third kappa shape index (κ3) is 5.15. The lowest BCUT2D eigenvalue weighted by molar-refractivity contribution is -0.124. The number of hydrogen-bond acceptors (Lipinski definition) is 2. The Bertz CT molecular complexity index is 360. The standard InChI is InChI=1S/C12H17FN2O.ClH/c1-9(8-14)12(16)15-7-6-10-4-2-3-5-11(10)13;/h2-5,9H,6-8,14H2,1H3,(H,15,16);1H. The van der Waals surface area contributed by atoms with E-state index in [0.29, 0.717) is 25.1 Å². The molecule has 1 aromatic rings. The lowest BCUT2D eigenvalue weighted by Crippen LogP contribution is -2.34. The fourth-order valence-corrected chi connectivity index (χ4v) is 1.30. The second-order valence-electron chi connectivity index (χ2n) is 3.77. The first-order valence-corrected chi connectivity index (χ1v) is 5.36. The topological polar surface area (TPSA) is 55.1 Å². The SMILES string of the molecule is CC(CN)C(=O)NCCc1ccccc1F.Cl. The summed E-state index contributed by atoms with van der Waals surface area (Å²) in [4.78, 5) is 11.4. The average molecular weight is 261 g/mol. The Morgan fingerprint density at radius 1 is 1.47 bits per heavy atom. The predicted octanol–water partition coefficient (Wildman–Crippen LogP) is 1.50. The number of hydrogen-bond donors (Lipinski definition) is 2. The Kier molecular flexibility index (Phi) is 7.50. The first kappa shape index (κ1) is 15.9. The largest absolute Gasteiger partial charge is 0.355 e. The van der Waals surface area contributed by atoms with Crippen LogP contribution in [0.3, 0.4) is 0 Å². The van der Waals surface area contributed by atoms with Crippen molar-refractivity contribution in [1.29, 1.82) is 0 Å². The highest BCUT2D eigenvalue weighted by Crippen LogP contribution is 2.06. The minimum absolute atomic E-state index is 0. The molecule has 3 nitrogen and oxygen atoms in total. The van der Waals surface area contributed by atoms with E-state index in [4.69, 9.17) is 5.73 Å². The molecule has 3 N–H and O–H groups in total. The summed E-state index contributed by atoms with van der Waals surface area (Å²) in [6.45, 7) is 2.52. The lowest BCUT2D eigenvalue weighted by atomic mass is 10.1. The molecule has 1 unspecified atom stereocenters. The molecule has 1 aromatic carbocycles. The van der Waals surface area contributed by atoms with Crippen molar-refractivity contribution in [1.82, 2.24) is 5.32 Å². The molecule has 0 aliphatic carbocycles. The van der Waals surface area contributed by atoms with Crippen molar-refractivity contribution in [2.75, 3.05) is 13.1 Å². The lowest BCUT2D eigenvalue weighted by Gasteiger charge is -2.09. The normalized spacial score (nSPS) is 11.5. The molecule has 96 valence electrons. The Morgan fingerprint density at radius 2 is 2.12 bits per heavy atom. The Morgan fingerprint density at radius 3 is 2.71 bits per heavy atom. The van der Waals surface area contributed by atoms with E-state index >= 15 is 0 Å². The summed E-state index contributed by atoms with van der Waals surface area (Å²) in [5, 5.41) is 2.72. The van der Waals surface area contributed by atoms with Crippen LogP contribution in [-0.2, 0) is 11.2 Å². The van der Waals surface area contributed by atoms with E-state index in [-0.39, 0.29) is 30.0 Å². The molecule has 5 heteroatoms. The van der Waals surface area contributed by atoms with Crippen molar-refractivity contribution in [2.24, 2.45) is 11.7 Å². The van der Waals surface area contributed by atoms with Gasteiger partial charge in [0.15, 0.2) is 0 Å². The van der Waals surface area contributed by atoms with Gasteiger partial charge in [0.1, 0.15) is 5.82 Å². The highest BCUT2D eigenvalue weighted by atomic mass is 35.5. The third-order valence-electron chi connectivity index (χ3n) is 2.45. The van der Waals surface area contributed by atoms with Gasteiger partial charge in [0.25, 0.3) is 0 Å². The van der Waals surface area contributed by atoms with Crippen LogP contribution in [0.4, 0.5) is 4.39 Å². The number of nitrogens with two attached hydrogens (primary N) is 1. The zero-order chi connectivity index (χ0) is 12.0. The molecule has 0 bridgehead atoms. The van der Waals surface area contributed by atoms with Gasteiger partial charge in [0.2, 0.25) is 5.91 Å². The maximum atomic E-state index is 13.2. The maximum Gasteiger partial charge on any atom is 0.224 e. The van der Waals surface area contributed by atoms with E-state index < -0.39 is 0 Å². The minimum atomic E-state index is -0.233. The van der Waals surface area contributed by atoms with Crippen molar-refractivity contribution < 1.29 is 9.18 Å². The van der Waals surface area contributed by atoms with Crippen LogP contribution in [0.1, 0.15) is 12.5 Å². The van der Waals surface area contributed by atoms with Crippen LogP contribution >= 0.6 is 12.4 Å². The summed E-state index contributed by atoms with van der Waals surface area (Å²) in [6, 6.07) is 6.56. The number of nitrogens with one attached hydrogen (secondary N) is 1. The Hall–Kier alpha value is -1.13. The van der Waals surface area contributed by atoms with Crippen LogP contribution in [0.5, 0.6) is 0 Å². The molecule has 0 spiro atoms. The van der Waals surface area contributed by atoms with Crippen LogP contribution in [0.2, 0.25) is 0 Å². The smallest absolute Gasteiger partial charge is 0.224 e. The van der Waals surface area contributed by atoms with Crippen LogP contribution in [-0.4, -0.2) is 19.0 Å². The molecule has 0 aliphatic heterocycles. The second kappa shape index (κ2) is 8.03. The van der Waals surface area contributed by atoms with E-state index in [1.165, 1.54) is 6.07 Å². The molecule has 0 saturated heterocycles. The molecule has 0 heterocycles. The summed E-state index contributed by atoms with van der Waals surface area (Å²) in [6.07, 6.45) is 0.496. The molecular formula is C12H18ClFN2O. The van der Waals surface area contributed by atoms with Gasteiger partial charge in [-0.05, 0) is 18.1 Å². The fourth-order valence-electron chi connectivity index (χ4n) is 1.30. The first-order valence-electron chi connectivity index (χ1n) is 5.36. The molecule has 0 fully saturated rings. The number of amides is 1. The molecule has 0 aromatic heterocycles. The maximum absolute atomic E-state index is 13.2. The summed E-state index contributed by atoms with van der Waals surface area (Å²) in [5.41, 5.74) is 5.97. The van der Waals surface area contributed by atoms with Gasteiger partial charge in [-0.1, -0.05) is 25.1 Å². The van der Waals surface area contributed by atoms with Crippen LogP contribution < -0.4 is 11.1 Å². The quantitative estimate of drug-likeness (QED) is 0.843. The highest BCUT2D eigenvalue weighted by Gasteiger charge is 2.09. The molecule has 1 atom stereocenters. The molecule has 1 amide bonds. The van der Waals surface area contributed by atoms with E-state index in [9.17, 15) is 9.18 Å². The van der Waals surface area contributed by atoms with Gasteiger partial charge < -0.3 is 11.1 Å². The molecule has 1 rings (SSSR count). The second-order valence-corrected chi connectivity index (χ2v) is 3.77. The monoisotopic (exact) mass is 260 g/mol. The summed E-state index contributed by atoms with van der Waals surface area (Å²) < 4.78 is 13.2. The number of halogens is 2. The van der Waals surface area contributed by atoms with E-state index in [1.807, 2.05) is 0 Å². The molecule has 17 heavy (non-hydrogen) atoms.